The summed E-state index contributed by atoms with van der Waals surface area (Å²) < 4.78 is 5.41. The number of hydrogen-bond donors (Lipinski definition) is 1. The first-order chi connectivity index (χ1) is 7.31. The van der Waals surface area contributed by atoms with Crippen molar-refractivity contribution >= 4 is 11.2 Å². The Labute approximate surface area is 84.9 Å². The molecule has 0 atom stereocenters. The minimum Gasteiger partial charge on any atom is -0.441 e. The lowest BCUT2D eigenvalue weighted by molar-refractivity contribution is 0.217. The van der Waals surface area contributed by atoms with E-state index in [9.17, 15) is 0 Å². The molecule has 1 fully saturated rings. The lowest BCUT2D eigenvalue weighted by Gasteiger charge is -2.06. The van der Waals surface area contributed by atoms with E-state index in [2.05, 4.69) is 26.0 Å². The summed E-state index contributed by atoms with van der Waals surface area (Å²) in [6.07, 6.45) is 4.60. The topological polar surface area (TPSA) is 87.5 Å². The number of imidazole rings is 1. The highest BCUT2D eigenvalue weighted by Gasteiger charge is 2.47. The number of nitrogens with one attached hydrogen (secondary N) is 1. The van der Waals surface area contributed by atoms with E-state index in [0.29, 0.717) is 11.2 Å². The van der Waals surface area contributed by atoms with Gasteiger partial charge in [0.15, 0.2) is 11.2 Å². The van der Waals surface area contributed by atoms with Crippen LogP contribution in [0.4, 0.5) is 0 Å². The molecule has 6 heteroatoms. The van der Waals surface area contributed by atoms with Gasteiger partial charge in [-0.2, -0.15) is 10.2 Å². The number of ether oxygens (including phenoxy) is 1. The minimum absolute atomic E-state index is 0.228. The van der Waals surface area contributed by atoms with E-state index in [-0.39, 0.29) is 6.01 Å². The van der Waals surface area contributed by atoms with Gasteiger partial charge in [0, 0.05) is 12.8 Å². The molecule has 0 unspecified atom stereocenters. The van der Waals surface area contributed by atoms with Crippen molar-refractivity contribution in [2.45, 2.75) is 18.4 Å². The zero-order valence-corrected chi connectivity index (χ0v) is 7.77. The Morgan fingerprint density at radius 1 is 1.47 bits per heavy atom. The quantitative estimate of drug-likeness (QED) is 0.775. The van der Waals surface area contributed by atoms with Crippen LogP contribution in [-0.4, -0.2) is 25.5 Å². The molecule has 0 bridgehead atoms. The number of nitriles is 1. The van der Waals surface area contributed by atoms with Gasteiger partial charge in [0.05, 0.1) is 12.5 Å². The molecule has 0 saturated heterocycles. The lowest BCUT2D eigenvalue weighted by atomic mass is 10.4. The first kappa shape index (κ1) is 8.17. The van der Waals surface area contributed by atoms with Crippen LogP contribution in [0.3, 0.4) is 0 Å². The summed E-state index contributed by atoms with van der Waals surface area (Å²) in [6, 6.07) is 2.34. The molecule has 15 heavy (non-hydrogen) atoms. The first-order valence-corrected chi connectivity index (χ1v) is 4.58. The van der Waals surface area contributed by atoms with Gasteiger partial charge in [-0.05, 0) is 0 Å². The molecular weight excluding hydrogens is 194 g/mol. The van der Waals surface area contributed by atoms with Crippen molar-refractivity contribution in [3.05, 3.63) is 12.5 Å². The van der Waals surface area contributed by atoms with E-state index < -0.39 is 5.60 Å². The largest absolute Gasteiger partial charge is 0.441 e. The average Bonchev–Trinajstić information content (AvgIpc) is 2.88. The normalized spacial score (nSPS) is 17.3. The maximum absolute atomic E-state index is 8.84. The van der Waals surface area contributed by atoms with Crippen LogP contribution in [0.5, 0.6) is 6.01 Å². The molecule has 6 nitrogen and oxygen atoms in total. The van der Waals surface area contributed by atoms with E-state index >= 15 is 0 Å². The van der Waals surface area contributed by atoms with Gasteiger partial charge in [0.2, 0.25) is 0 Å². The standard InChI is InChI=1S/C9H7N5O/c10-4-9(1-2-9)15-8-11-3-6-7(14-8)13-5-12-6/h3,5H,1-2H2,(H,11,12,13,14). The van der Waals surface area contributed by atoms with Gasteiger partial charge in [-0.15, -0.1) is 0 Å². The summed E-state index contributed by atoms with van der Waals surface area (Å²) in [5.41, 5.74) is 0.617. The molecule has 2 aromatic heterocycles. The molecule has 74 valence electrons. The van der Waals surface area contributed by atoms with Crippen molar-refractivity contribution in [2.75, 3.05) is 0 Å². The molecule has 0 radical (unpaired) electrons. The Hall–Kier alpha value is -2.16. The van der Waals surface area contributed by atoms with Crippen molar-refractivity contribution in [3.8, 4) is 12.1 Å². The van der Waals surface area contributed by atoms with Gasteiger partial charge >= 0.3 is 6.01 Å². The molecule has 1 aliphatic carbocycles. The van der Waals surface area contributed by atoms with Crippen LogP contribution < -0.4 is 4.74 Å². The van der Waals surface area contributed by atoms with E-state index in [1.54, 1.807) is 12.5 Å². The van der Waals surface area contributed by atoms with Crippen molar-refractivity contribution in [3.63, 3.8) is 0 Å². The summed E-state index contributed by atoms with van der Waals surface area (Å²) >= 11 is 0. The van der Waals surface area contributed by atoms with Crippen molar-refractivity contribution in [1.29, 1.82) is 5.26 Å². The maximum atomic E-state index is 8.84. The number of fused-ring (bicyclic) bond motifs is 1. The smallest absolute Gasteiger partial charge is 0.320 e. The van der Waals surface area contributed by atoms with E-state index in [1.807, 2.05) is 0 Å². The van der Waals surface area contributed by atoms with E-state index in [4.69, 9.17) is 10.00 Å². The highest BCUT2D eigenvalue weighted by Crippen LogP contribution is 2.38. The van der Waals surface area contributed by atoms with Gasteiger partial charge in [0.25, 0.3) is 0 Å². The van der Waals surface area contributed by atoms with Gasteiger partial charge in [-0.25, -0.2) is 9.97 Å². The predicted octanol–water partition coefficient (Wildman–Crippen LogP) is 0.788. The van der Waals surface area contributed by atoms with E-state index in [1.165, 1.54) is 0 Å². The predicted molar refractivity (Wildman–Crippen MR) is 49.9 cm³/mol. The van der Waals surface area contributed by atoms with Crippen LogP contribution in [0, 0.1) is 11.3 Å². The third-order valence-electron chi connectivity index (χ3n) is 2.35. The van der Waals surface area contributed by atoms with Crippen LogP contribution in [0.1, 0.15) is 12.8 Å². The highest BCUT2D eigenvalue weighted by atomic mass is 16.5. The van der Waals surface area contributed by atoms with Crippen LogP contribution in [0.25, 0.3) is 11.2 Å². The second kappa shape index (κ2) is 2.67. The molecule has 1 saturated carbocycles. The van der Waals surface area contributed by atoms with Crippen molar-refractivity contribution in [1.82, 2.24) is 19.9 Å². The SMILES string of the molecule is N#CC1(Oc2ncc3nc[nH]c3n2)CC1. The van der Waals surface area contributed by atoms with E-state index in [0.717, 1.165) is 12.8 Å². The van der Waals surface area contributed by atoms with Crippen LogP contribution in [0.2, 0.25) is 0 Å². The number of rotatable bonds is 2. The molecule has 0 spiro atoms. The number of hydrogen-bond acceptors (Lipinski definition) is 5. The molecule has 3 rings (SSSR count). The summed E-state index contributed by atoms with van der Waals surface area (Å²) in [4.78, 5) is 14.9. The molecule has 2 heterocycles. The molecule has 0 aromatic carbocycles. The van der Waals surface area contributed by atoms with Gasteiger partial charge in [0.1, 0.15) is 11.6 Å². The fourth-order valence-corrected chi connectivity index (χ4v) is 1.30. The zero-order valence-electron chi connectivity index (χ0n) is 7.77. The fourth-order valence-electron chi connectivity index (χ4n) is 1.30. The monoisotopic (exact) mass is 201 g/mol. The summed E-state index contributed by atoms with van der Waals surface area (Å²) in [5, 5.41) is 8.84. The van der Waals surface area contributed by atoms with Crippen molar-refractivity contribution in [2.24, 2.45) is 0 Å². The second-order valence-corrected chi connectivity index (χ2v) is 3.50. The lowest BCUT2D eigenvalue weighted by Crippen LogP contribution is -2.16. The van der Waals surface area contributed by atoms with Crippen LogP contribution >= 0.6 is 0 Å². The van der Waals surface area contributed by atoms with Gasteiger partial charge < -0.3 is 9.72 Å². The number of nitrogens with zero attached hydrogens (tertiary/aromatic N) is 4. The third kappa shape index (κ3) is 1.29. The van der Waals surface area contributed by atoms with Crippen LogP contribution in [-0.2, 0) is 0 Å². The molecule has 1 aliphatic rings. The minimum atomic E-state index is -0.687. The zero-order chi connectivity index (χ0) is 10.3. The molecular formula is C9H7N5O. The van der Waals surface area contributed by atoms with Gasteiger partial charge in [-0.3, -0.25) is 0 Å². The number of aromatic amines is 1. The fraction of sp³-hybridized carbons (Fsp3) is 0.333. The summed E-state index contributed by atoms with van der Waals surface area (Å²) in [6.45, 7) is 0. The third-order valence-corrected chi connectivity index (χ3v) is 2.35. The Morgan fingerprint density at radius 3 is 3.07 bits per heavy atom. The Kier molecular flexibility index (Phi) is 1.45. The van der Waals surface area contributed by atoms with Gasteiger partial charge in [-0.1, -0.05) is 0 Å². The average molecular weight is 201 g/mol. The summed E-state index contributed by atoms with van der Waals surface area (Å²) in [5.74, 6) is 0. The Bertz CT molecular complexity index is 551. The maximum Gasteiger partial charge on any atom is 0.320 e. The Balaban J connectivity index is 1.95. The molecule has 0 amide bonds. The van der Waals surface area contributed by atoms with Crippen molar-refractivity contribution < 1.29 is 4.74 Å². The molecule has 1 N–H and O–H groups in total. The second-order valence-electron chi connectivity index (χ2n) is 3.50. The first-order valence-electron chi connectivity index (χ1n) is 4.58. The molecule has 2 aromatic rings. The molecule has 0 aliphatic heterocycles. The summed E-state index contributed by atoms with van der Waals surface area (Å²) in [7, 11) is 0. The number of H-pyrrole nitrogens is 1. The Morgan fingerprint density at radius 2 is 2.33 bits per heavy atom. The van der Waals surface area contributed by atoms with Crippen LogP contribution in [0.15, 0.2) is 12.5 Å². The number of aromatic nitrogens is 4. The highest BCUT2D eigenvalue weighted by molar-refractivity contribution is 5.68.